The molecule has 0 N–H and O–H groups in total. The topological polar surface area (TPSA) is 58.6 Å². The molecule has 0 radical (unpaired) electrons. The number of likely N-dealkylation sites (tertiary alicyclic amines) is 1. The minimum absolute atomic E-state index is 0.0162. The standard InChI is InChI=1S/C16H22Cl2N4O2/c1-15(2,3)24-14(23)22-7-10-6-21(8-16(10,4)9-22)12-11(17)5-19-13(18)20-12/h5,10H,6-9H2,1-4H3. The van der Waals surface area contributed by atoms with Gasteiger partial charge in [0.2, 0.25) is 5.28 Å². The van der Waals surface area contributed by atoms with Crippen LogP contribution in [-0.2, 0) is 4.74 Å². The molecule has 6 nitrogen and oxygen atoms in total. The van der Waals surface area contributed by atoms with Crippen LogP contribution in [0.2, 0.25) is 10.3 Å². The summed E-state index contributed by atoms with van der Waals surface area (Å²) in [6.45, 7) is 10.7. The summed E-state index contributed by atoms with van der Waals surface area (Å²) < 4.78 is 5.49. The first kappa shape index (κ1) is 17.5. The van der Waals surface area contributed by atoms with Gasteiger partial charge in [-0.3, -0.25) is 0 Å². The van der Waals surface area contributed by atoms with Gasteiger partial charge < -0.3 is 14.5 Å². The number of rotatable bonds is 1. The molecule has 2 atom stereocenters. The highest BCUT2D eigenvalue weighted by Crippen LogP contribution is 2.44. The van der Waals surface area contributed by atoms with E-state index < -0.39 is 5.60 Å². The maximum Gasteiger partial charge on any atom is 0.410 e. The van der Waals surface area contributed by atoms with Crippen LogP contribution in [0.15, 0.2) is 6.20 Å². The molecule has 1 aromatic rings. The third-order valence-electron chi connectivity index (χ3n) is 4.62. The molecule has 0 aromatic carbocycles. The summed E-state index contributed by atoms with van der Waals surface area (Å²) in [6.07, 6.45) is 1.28. The van der Waals surface area contributed by atoms with Crippen molar-refractivity contribution in [1.82, 2.24) is 14.9 Å². The summed E-state index contributed by atoms with van der Waals surface area (Å²) in [4.78, 5) is 24.4. The fourth-order valence-electron chi connectivity index (χ4n) is 3.53. The zero-order valence-electron chi connectivity index (χ0n) is 14.3. The van der Waals surface area contributed by atoms with Gasteiger partial charge in [-0.2, -0.15) is 4.98 Å². The first-order valence-electron chi connectivity index (χ1n) is 7.98. The second kappa shape index (κ2) is 5.92. The highest BCUT2D eigenvalue weighted by molar-refractivity contribution is 6.33. The Balaban J connectivity index is 1.71. The maximum atomic E-state index is 12.3. The lowest BCUT2D eigenvalue weighted by Gasteiger charge is -2.28. The number of hydrogen-bond donors (Lipinski definition) is 0. The van der Waals surface area contributed by atoms with Gasteiger partial charge in [0.1, 0.15) is 10.6 Å². The molecule has 0 aliphatic carbocycles. The van der Waals surface area contributed by atoms with Crippen LogP contribution in [0.4, 0.5) is 10.6 Å². The smallest absolute Gasteiger partial charge is 0.410 e. The number of anilines is 1. The largest absolute Gasteiger partial charge is 0.444 e. The van der Waals surface area contributed by atoms with Crippen molar-refractivity contribution >= 4 is 35.1 Å². The Hall–Kier alpha value is -1.27. The van der Waals surface area contributed by atoms with Crippen LogP contribution < -0.4 is 4.90 Å². The Morgan fingerprint density at radius 2 is 2.04 bits per heavy atom. The predicted octanol–water partition coefficient (Wildman–Crippen LogP) is 3.48. The average Bonchev–Trinajstić information content (AvgIpc) is 2.91. The highest BCUT2D eigenvalue weighted by Gasteiger charge is 2.51. The normalized spacial score (nSPS) is 26.7. The molecular weight excluding hydrogens is 351 g/mol. The van der Waals surface area contributed by atoms with Crippen molar-refractivity contribution in [2.24, 2.45) is 11.3 Å². The first-order valence-corrected chi connectivity index (χ1v) is 8.74. The van der Waals surface area contributed by atoms with Gasteiger partial charge in [0.15, 0.2) is 5.82 Å². The number of fused-ring (bicyclic) bond motifs is 1. The van der Waals surface area contributed by atoms with E-state index in [1.807, 2.05) is 25.7 Å². The monoisotopic (exact) mass is 372 g/mol. The van der Waals surface area contributed by atoms with Crippen molar-refractivity contribution in [2.45, 2.75) is 33.3 Å². The number of carbonyl (C=O) groups is 1. The summed E-state index contributed by atoms with van der Waals surface area (Å²) in [5, 5.41) is 0.680. The number of halogens is 2. The van der Waals surface area contributed by atoms with Crippen molar-refractivity contribution in [3.05, 3.63) is 16.5 Å². The lowest BCUT2D eigenvalue weighted by atomic mass is 9.83. The van der Waals surface area contributed by atoms with E-state index in [2.05, 4.69) is 21.8 Å². The van der Waals surface area contributed by atoms with Crippen molar-refractivity contribution < 1.29 is 9.53 Å². The minimum Gasteiger partial charge on any atom is -0.444 e. The number of aromatic nitrogens is 2. The van der Waals surface area contributed by atoms with Gasteiger partial charge in [0, 0.05) is 37.5 Å². The summed E-state index contributed by atoms with van der Waals surface area (Å²) in [5.74, 6) is 1.01. The van der Waals surface area contributed by atoms with Crippen molar-refractivity contribution in [2.75, 3.05) is 31.1 Å². The molecule has 24 heavy (non-hydrogen) atoms. The van der Waals surface area contributed by atoms with E-state index in [0.717, 1.165) is 13.1 Å². The molecule has 2 fully saturated rings. The second-order valence-corrected chi connectivity index (χ2v) is 8.65. The summed E-state index contributed by atoms with van der Waals surface area (Å²) in [5.41, 5.74) is -0.495. The van der Waals surface area contributed by atoms with Crippen LogP contribution in [-0.4, -0.2) is 52.7 Å². The van der Waals surface area contributed by atoms with Crippen LogP contribution in [0, 0.1) is 11.3 Å². The van der Waals surface area contributed by atoms with Gasteiger partial charge in [0.25, 0.3) is 0 Å². The molecule has 1 aromatic heterocycles. The van der Waals surface area contributed by atoms with Gasteiger partial charge >= 0.3 is 6.09 Å². The lowest BCUT2D eigenvalue weighted by Crippen LogP contribution is -2.39. The van der Waals surface area contributed by atoms with Crippen molar-refractivity contribution in [1.29, 1.82) is 0 Å². The highest BCUT2D eigenvalue weighted by atomic mass is 35.5. The van der Waals surface area contributed by atoms with E-state index in [0.29, 0.717) is 29.8 Å². The summed E-state index contributed by atoms with van der Waals surface area (Å²) in [7, 11) is 0. The number of amides is 1. The second-order valence-electron chi connectivity index (χ2n) is 7.90. The van der Waals surface area contributed by atoms with Crippen LogP contribution in [0.3, 0.4) is 0 Å². The van der Waals surface area contributed by atoms with Crippen LogP contribution in [0.1, 0.15) is 27.7 Å². The molecule has 0 bridgehead atoms. The quantitative estimate of drug-likeness (QED) is 0.706. The van der Waals surface area contributed by atoms with E-state index in [1.165, 1.54) is 6.20 Å². The Morgan fingerprint density at radius 3 is 2.67 bits per heavy atom. The van der Waals surface area contributed by atoms with Gasteiger partial charge in [-0.25, -0.2) is 9.78 Å². The molecule has 0 saturated carbocycles. The maximum absolute atomic E-state index is 12.3. The predicted molar refractivity (Wildman–Crippen MR) is 93.7 cm³/mol. The first-order chi connectivity index (χ1) is 11.1. The van der Waals surface area contributed by atoms with Crippen molar-refractivity contribution in [3.8, 4) is 0 Å². The molecule has 2 aliphatic rings. The Bertz CT molecular complexity index is 664. The fraction of sp³-hybridized carbons (Fsp3) is 0.688. The van der Waals surface area contributed by atoms with E-state index in [-0.39, 0.29) is 16.8 Å². The lowest BCUT2D eigenvalue weighted by molar-refractivity contribution is 0.0273. The molecule has 3 rings (SSSR count). The summed E-state index contributed by atoms with van der Waals surface area (Å²) in [6, 6.07) is 0. The van der Waals surface area contributed by atoms with Gasteiger partial charge in [0.05, 0.1) is 6.20 Å². The van der Waals surface area contributed by atoms with Gasteiger partial charge in [-0.05, 0) is 32.4 Å². The van der Waals surface area contributed by atoms with Crippen molar-refractivity contribution in [3.63, 3.8) is 0 Å². The molecule has 0 spiro atoms. The molecule has 8 heteroatoms. The fourth-order valence-corrected chi connectivity index (χ4v) is 3.87. The minimum atomic E-state index is -0.479. The Kier molecular flexibility index (Phi) is 4.33. The Labute approximate surface area is 152 Å². The number of carbonyl (C=O) groups excluding carboxylic acids is 1. The van der Waals surface area contributed by atoms with E-state index in [9.17, 15) is 4.79 Å². The van der Waals surface area contributed by atoms with E-state index in [1.54, 1.807) is 0 Å². The number of nitrogens with zero attached hydrogens (tertiary/aromatic N) is 4. The molecule has 1 amide bonds. The number of ether oxygens (including phenoxy) is 1. The molecule has 2 saturated heterocycles. The van der Waals surface area contributed by atoms with Crippen LogP contribution >= 0.6 is 23.2 Å². The molecular formula is C16H22Cl2N4O2. The molecule has 2 unspecified atom stereocenters. The Morgan fingerprint density at radius 1 is 1.33 bits per heavy atom. The van der Waals surface area contributed by atoms with Gasteiger partial charge in [-0.1, -0.05) is 18.5 Å². The van der Waals surface area contributed by atoms with Crippen LogP contribution in [0.25, 0.3) is 0 Å². The zero-order chi connectivity index (χ0) is 17.7. The number of hydrogen-bond acceptors (Lipinski definition) is 5. The van der Waals surface area contributed by atoms with E-state index >= 15 is 0 Å². The average molecular weight is 373 g/mol. The molecule has 132 valence electrons. The third-order valence-corrected chi connectivity index (χ3v) is 5.07. The summed E-state index contributed by atoms with van der Waals surface area (Å²) >= 11 is 12.1. The van der Waals surface area contributed by atoms with Gasteiger partial charge in [-0.15, -0.1) is 0 Å². The SMILES string of the molecule is CC(C)(C)OC(=O)N1CC2CN(c3nc(Cl)ncc3Cl)CC2(C)C1. The molecule has 2 aliphatic heterocycles. The van der Waals surface area contributed by atoms with E-state index in [4.69, 9.17) is 27.9 Å². The zero-order valence-corrected chi connectivity index (χ0v) is 15.9. The third kappa shape index (κ3) is 3.40. The van der Waals surface area contributed by atoms with Crippen LogP contribution in [0.5, 0.6) is 0 Å². The molecule has 3 heterocycles.